The van der Waals surface area contributed by atoms with E-state index >= 15 is 0 Å². The van der Waals surface area contributed by atoms with Gasteiger partial charge in [0.1, 0.15) is 5.82 Å². The van der Waals surface area contributed by atoms with Crippen LogP contribution in [0.2, 0.25) is 0 Å². The van der Waals surface area contributed by atoms with Crippen LogP contribution in [0.4, 0.5) is 4.39 Å². The molecular formula is C9H10BrFN. The van der Waals surface area contributed by atoms with E-state index in [0.29, 0.717) is 6.54 Å². The van der Waals surface area contributed by atoms with Crippen molar-refractivity contribution >= 4 is 15.9 Å². The average molecular weight is 231 g/mol. The van der Waals surface area contributed by atoms with Crippen molar-refractivity contribution in [2.45, 2.75) is 6.54 Å². The minimum absolute atomic E-state index is 0.234. The summed E-state index contributed by atoms with van der Waals surface area (Å²) in [5.74, 6) is -0.234. The molecule has 0 aliphatic heterocycles. The average Bonchev–Trinajstić information content (AvgIpc) is 2.08. The summed E-state index contributed by atoms with van der Waals surface area (Å²) < 4.78 is 12.7. The van der Waals surface area contributed by atoms with Gasteiger partial charge in [-0.25, -0.2) is 4.39 Å². The molecule has 0 heterocycles. The largest absolute Gasteiger partial charge is 0.326 e. The smallest absolute Gasteiger partial charge is 0.123 e. The normalized spacial score (nSPS) is 10.2. The Bertz CT molecular complexity index is 263. The van der Waals surface area contributed by atoms with Gasteiger partial charge in [-0.15, -0.1) is 0 Å². The van der Waals surface area contributed by atoms with E-state index in [-0.39, 0.29) is 5.82 Å². The summed E-state index contributed by atoms with van der Waals surface area (Å²) in [6, 6.07) is 4.64. The fourth-order valence-electron chi connectivity index (χ4n) is 1.03. The van der Waals surface area contributed by atoms with Gasteiger partial charge in [-0.2, -0.15) is 0 Å². The summed E-state index contributed by atoms with van der Waals surface area (Å²) in [5.41, 5.74) is 7.29. The van der Waals surface area contributed by atoms with E-state index in [1.807, 2.05) is 6.42 Å². The molecule has 0 spiro atoms. The van der Waals surface area contributed by atoms with Crippen LogP contribution in [-0.2, 0) is 6.54 Å². The highest BCUT2D eigenvalue weighted by Crippen LogP contribution is 2.13. The number of hydrogen-bond donors (Lipinski definition) is 1. The van der Waals surface area contributed by atoms with E-state index in [1.165, 1.54) is 12.1 Å². The van der Waals surface area contributed by atoms with E-state index in [1.54, 1.807) is 6.07 Å². The van der Waals surface area contributed by atoms with E-state index in [9.17, 15) is 4.39 Å². The zero-order valence-corrected chi connectivity index (χ0v) is 8.14. The van der Waals surface area contributed by atoms with Crippen molar-refractivity contribution in [3.63, 3.8) is 0 Å². The second-order valence-corrected chi connectivity index (χ2v) is 3.05. The number of hydrogen-bond acceptors (Lipinski definition) is 1. The maximum Gasteiger partial charge on any atom is 0.123 e. The van der Waals surface area contributed by atoms with E-state index in [2.05, 4.69) is 15.9 Å². The van der Waals surface area contributed by atoms with Gasteiger partial charge in [-0.3, -0.25) is 0 Å². The lowest BCUT2D eigenvalue weighted by atomic mass is 10.1. The lowest BCUT2D eigenvalue weighted by Gasteiger charge is -2.04. The van der Waals surface area contributed by atoms with Crippen molar-refractivity contribution in [2.75, 3.05) is 5.33 Å². The molecule has 2 N–H and O–H groups in total. The third-order valence-electron chi connectivity index (χ3n) is 1.62. The zero-order chi connectivity index (χ0) is 8.97. The molecule has 0 saturated carbocycles. The summed E-state index contributed by atoms with van der Waals surface area (Å²) >= 11 is 3.28. The fourth-order valence-corrected chi connectivity index (χ4v) is 1.38. The Hall–Kier alpha value is -0.410. The minimum Gasteiger partial charge on any atom is -0.326 e. The molecule has 0 unspecified atom stereocenters. The van der Waals surface area contributed by atoms with Gasteiger partial charge < -0.3 is 5.73 Å². The first-order chi connectivity index (χ1) is 5.77. The monoisotopic (exact) mass is 230 g/mol. The van der Waals surface area contributed by atoms with Crippen LogP contribution < -0.4 is 5.73 Å². The molecule has 0 aliphatic rings. The van der Waals surface area contributed by atoms with Crippen molar-refractivity contribution in [1.82, 2.24) is 0 Å². The summed E-state index contributed by atoms with van der Waals surface area (Å²) in [6.07, 6.45) is 1.96. The van der Waals surface area contributed by atoms with Gasteiger partial charge in [0.15, 0.2) is 0 Å². The van der Waals surface area contributed by atoms with Crippen LogP contribution in [0, 0.1) is 12.2 Å². The highest BCUT2D eigenvalue weighted by molar-refractivity contribution is 9.09. The Kier molecular flexibility index (Phi) is 3.69. The topological polar surface area (TPSA) is 26.0 Å². The third-order valence-corrected chi connectivity index (χ3v) is 1.95. The molecule has 1 rings (SSSR count). The molecule has 1 aromatic carbocycles. The molecule has 1 radical (unpaired) electrons. The second kappa shape index (κ2) is 4.58. The lowest BCUT2D eigenvalue weighted by Crippen LogP contribution is -2.01. The van der Waals surface area contributed by atoms with Crippen molar-refractivity contribution in [2.24, 2.45) is 5.73 Å². The van der Waals surface area contributed by atoms with E-state index < -0.39 is 0 Å². The van der Waals surface area contributed by atoms with Crippen LogP contribution in [-0.4, -0.2) is 5.33 Å². The van der Waals surface area contributed by atoms with E-state index in [4.69, 9.17) is 5.73 Å². The lowest BCUT2D eigenvalue weighted by molar-refractivity contribution is 0.625. The second-order valence-electron chi connectivity index (χ2n) is 2.41. The molecule has 0 atom stereocenters. The molecule has 12 heavy (non-hydrogen) atoms. The molecule has 1 nitrogen and oxygen atoms in total. The summed E-state index contributed by atoms with van der Waals surface area (Å²) in [5, 5.41) is 0.756. The van der Waals surface area contributed by atoms with Gasteiger partial charge in [0.2, 0.25) is 0 Å². The van der Waals surface area contributed by atoms with Gasteiger partial charge >= 0.3 is 0 Å². The summed E-state index contributed by atoms with van der Waals surface area (Å²) in [4.78, 5) is 0. The maximum atomic E-state index is 12.7. The predicted octanol–water partition coefficient (Wildman–Crippen LogP) is 2.23. The van der Waals surface area contributed by atoms with Crippen molar-refractivity contribution < 1.29 is 4.39 Å². The number of nitrogens with two attached hydrogens (primary N) is 1. The Morgan fingerprint density at radius 3 is 2.83 bits per heavy atom. The van der Waals surface area contributed by atoms with Gasteiger partial charge in [-0.05, 0) is 23.3 Å². The first kappa shape index (κ1) is 9.68. The fraction of sp³-hybridized carbons (Fsp3) is 0.222. The van der Waals surface area contributed by atoms with Crippen LogP contribution in [0.1, 0.15) is 11.1 Å². The maximum absolute atomic E-state index is 12.7. The molecule has 0 amide bonds. The quantitative estimate of drug-likeness (QED) is 0.793. The molecule has 0 aromatic heterocycles. The van der Waals surface area contributed by atoms with Crippen molar-refractivity contribution in [3.05, 3.63) is 41.6 Å². The Morgan fingerprint density at radius 1 is 1.50 bits per heavy atom. The van der Waals surface area contributed by atoms with Crippen LogP contribution >= 0.6 is 15.9 Å². The van der Waals surface area contributed by atoms with Gasteiger partial charge in [0.05, 0.1) is 0 Å². The highest BCUT2D eigenvalue weighted by Gasteiger charge is 2.01. The molecule has 65 valence electrons. The van der Waals surface area contributed by atoms with Crippen LogP contribution in [0.15, 0.2) is 18.2 Å². The Morgan fingerprint density at radius 2 is 2.25 bits per heavy atom. The SMILES string of the molecule is NCc1cc(F)ccc1[CH]CBr. The van der Waals surface area contributed by atoms with E-state index in [0.717, 1.165) is 16.5 Å². The molecular weight excluding hydrogens is 221 g/mol. The molecule has 0 bridgehead atoms. The van der Waals surface area contributed by atoms with Crippen LogP contribution in [0.25, 0.3) is 0 Å². The third kappa shape index (κ3) is 2.29. The molecule has 0 fully saturated rings. The Labute approximate surface area is 79.9 Å². The zero-order valence-electron chi connectivity index (χ0n) is 6.56. The molecule has 3 heteroatoms. The van der Waals surface area contributed by atoms with Gasteiger partial charge in [0.25, 0.3) is 0 Å². The number of rotatable bonds is 3. The summed E-state index contributed by atoms with van der Waals surface area (Å²) in [7, 11) is 0. The van der Waals surface area contributed by atoms with Crippen molar-refractivity contribution in [1.29, 1.82) is 0 Å². The van der Waals surface area contributed by atoms with Gasteiger partial charge in [-0.1, -0.05) is 22.0 Å². The summed E-state index contributed by atoms with van der Waals surface area (Å²) in [6.45, 7) is 0.372. The minimum atomic E-state index is -0.234. The first-order valence-electron chi connectivity index (χ1n) is 3.65. The molecule has 0 saturated heterocycles. The predicted molar refractivity (Wildman–Crippen MR) is 51.5 cm³/mol. The van der Waals surface area contributed by atoms with Crippen LogP contribution in [0.5, 0.6) is 0 Å². The standard InChI is InChI=1S/C9H10BrFN/c10-4-3-7-1-2-9(11)5-8(7)6-12/h1-3,5H,4,6,12H2. The Balaban J connectivity index is 2.94. The van der Waals surface area contributed by atoms with Crippen molar-refractivity contribution in [3.8, 4) is 0 Å². The highest BCUT2D eigenvalue weighted by atomic mass is 79.9. The molecule has 1 aromatic rings. The van der Waals surface area contributed by atoms with Gasteiger partial charge in [0, 0.05) is 18.3 Å². The van der Waals surface area contributed by atoms with Crippen LogP contribution in [0.3, 0.4) is 0 Å². The molecule has 0 aliphatic carbocycles. The number of halogens is 2. The number of benzene rings is 1. The first-order valence-corrected chi connectivity index (χ1v) is 4.77. The number of alkyl halides is 1.